The number of hydrogen-bond acceptors (Lipinski definition) is 5. The maximum absolute atomic E-state index is 5.92. The van der Waals surface area contributed by atoms with E-state index in [2.05, 4.69) is 33.9 Å². The van der Waals surface area contributed by atoms with E-state index in [0.717, 1.165) is 48.6 Å². The number of oxazole rings is 1. The molecule has 140 valence electrons. The van der Waals surface area contributed by atoms with E-state index in [9.17, 15) is 0 Å². The van der Waals surface area contributed by atoms with Gasteiger partial charge >= 0.3 is 0 Å². The lowest BCUT2D eigenvalue weighted by Gasteiger charge is -2.42. The van der Waals surface area contributed by atoms with Gasteiger partial charge in [0, 0.05) is 50.9 Å². The molecule has 2 aliphatic heterocycles. The molecule has 0 amide bonds. The molecule has 1 aromatic carbocycles. The number of piperidine rings is 1. The summed E-state index contributed by atoms with van der Waals surface area (Å²) in [5.41, 5.74) is 2.13. The first-order valence-electron chi connectivity index (χ1n) is 9.86. The molecule has 4 rings (SSSR count). The van der Waals surface area contributed by atoms with E-state index in [0.29, 0.717) is 0 Å². The molecule has 0 aliphatic carbocycles. The molecule has 2 saturated heterocycles. The highest BCUT2D eigenvalue weighted by molar-refractivity contribution is 5.53. The Kier molecular flexibility index (Phi) is 5.38. The quantitative estimate of drug-likeness (QED) is 0.844. The SMILES string of the molecule is Cc1oc(-c2ccccc2)nc1CN1CCN(C2CCCN(C)C2)CC1. The van der Waals surface area contributed by atoms with Crippen molar-refractivity contribution in [1.82, 2.24) is 19.7 Å². The highest BCUT2D eigenvalue weighted by Crippen LogP contribution is 2.23. The molecule has 0 saturated carbocycles. The second-order valence-electron chi connectivity index (χ2n) is 7.76. The fourth-order valence-electron chi connectivity index (χ4n) is 4.21. The summed E-state index contributed by atoms with van der Waals surface area (Å²) in [5, 5.41) is 0. The Hall–Kier alpha value is -1.69. The zero-order chi connectivity index (χ0) is 17.9. The van der Waals surface area contributed by atoms with E-state index in [4.69, 9.17) is 9.40 Å². The Morgan fingerprint density at radius 1 is 1.08 bits per heavy atom. The maximum Gasteiger partial charge on any atom is 0.226 e. The molecule has 5 heteroatoms. The number of likely N-dealkylation sites (N-methyl/N-ethyl adjacent to an activating group) is 1. The van der Waals surface area contributed by atoms with Crippen LogP contribution in [0, 0.1) is 6.92 Å². The Morgan fingerprint density at radius 3 is 2.58 bits per heavy atom. The monoisotopic (exact) mass is 354 g/mol. The predicted molar refractivity (Wildman–Crippen MR) is 104 cm³/mol. The average molecular weight is 354 g/mol. The lowest BCUT2D eigenvalue weighted by molar-refractivity contribution is 0.0563. The van der Waals surface area contributed by atoms with Crippen LogP contribution in [0.25, 0.3) is 11.5 Å². The van der Waals surface area contributed by atoms with Gasteiger partial charge in [-0.05, 0) is 45.5 Å². The van der Waals surface area contributed by atoms with Crippen molar-refractivity contribution < 1.29 is 4.42 Å². The summed E-state index contributed by atoms with van der Waals surface area (Å²) in [6, 6.07) is 10.9. The van der Waals surface area contributed by atoms with E-state index in [1.54, 1.807) is 0 Å². The van der Waals surface area contributed by atoms with Crippen LogP contribution in [0.5, 0.6) is 0 Å². The molecular weight excluding hydrogens is 324 g/mol. The standard InChI is InChI=1S/C21H30N4O/c1-17-20(22-21(26-17)18-7-4-3-5-8-18)16-24-11-13-25(14-12-24)19-9-6-10-23(2)15-19/h3-5,7-8,19H,6,9-16H2,1-2H3. The fourth-order valence-corrected chi connectivity index (χ4v) is 4.21. The van der Waals surface area contributed by atoms with Gasteiger partial charge in [0.15, 0.2) is 0 Å². The molecular formula is C21H30N4O. The Balaban J connectivity index is 1.34. The van der Waals surface area contributed by atoms with Crippen LogP contribution >= 0.6 is 0 Å². The molecule has 5 nitrogen and oxygen atoms in total. The van der Waals surface area contributed by atoms with Crippen LogP contribution < -0.4 is 0 Å². The van der Waals surface area contributed by atoms with Crippen molar-refractivity contribution >= 4 is 0 Å². The molecule has 0 radical (unpaired) electrons. The summed E-state index contributed by atoms with van der Waals surface area (Å²) in [4.78, 5) is 12.4. The molecule has 0 bridgehead atoms. The van der Waals surface area contributed by atoms with Gasteiger partial charge in [0.05, 0.1) is 5.69 Å². The van der Waals surface area contributed by atoms with Crippen molar-refractivity contribution in [2.24, 2.45) is 0 Å². The van der Waals surface area contributed by atoms with Gasteiger partial charge in [0.25, 0.3) is 0 Å². The molecule has 0 spiro atoms. The van der Waals surface area contributed by atoms with Gasteiger partial charge in [-0.1, -0.05) is 18.2 Å². The molecule has 2 aliphatic rings. The van der Waals surface area contributed by atoms with Crippen LogP contribution in [0.3, 0.4) is 0 Å². The lowest BCUT2D eigenvalue weighted by Crippen LogP contribution is -2.54. The van der Waals surface area contributed by atoms with E-state index < -0.39 is 0 Å². The summed E-state index contributed by atoms with van der Waals surface area (Å²) < 4.78 is 5.92. The van der Waals surface area contributed by atoms with Crippen molar-refractivity contribution in [2.75, 3.05) is 46.3 Å². The number of aromatic nitrogens is 1. The van der Waals surface area contributed by atoms with E-state index in [1.165, 1.54) is 39.0 Å². The maximum atomic E-state index is 5.92. The molecule has 1 unspecified atom stereocenters. The van der Waals surface area contributed by atoms with Crippen molar-refractivity contribution in [1.29, 1.82) is 0 Å². The van der Waals surface area contributed by atoms with Crippen LogP contribution in [-0.2, 0) is 6.54 Å². The topological polar surface area (TPSA) is 35.8 Å². The number of rotatable bonds is 4. The molecule has 2 fully saturated rings. The Labute approximate surface area is 156 Å². The van der Waals surface area contributed by atoms with Crippen molar-refractivity contribution in [3.63, 3.8) is 0 Å². The minimum Gasteiger partial charge on any atom is -0.441 e. The minimum atomic E-state index is 0.738. The van der Waals surface area contributed by atoms with Crippen molar-refractivity contribution in [2.45, 2.75) is 32.4 Å². The second-order valence-corrected chi connectivity index (χ2v) is 7.76. The minimum absolute atomic E-state index is 0.738. The number of piperazine rings is 1. The third-order valence-electron chi connectivity index (χ3n) is 5.81. The summed E-state index contributed by atoms with van der Waals surface area (Å²) in [7, 11) is 2.25. The largest absolute Gasteiger partial charge is 0.441 e. The molecule has 1 atom stereocenters. The fraction of sp³-hybridized carbons (Fsp3) is 0.571. The van der Waals surface area contributed by atoms with E-state index in [-0.39, 0.29) is 0 Å². The third kappa shape index (κ3) is 4.00. The predicted octanol–water partition coefficient (Wildman–Crippen LogP) is 2.86. The van der Waals surface area contributed by atoms with Gasteiger partial charge < -0.3 is 9.32 Å². The van der Waals surface area contributed by atoms with Gasteiger partial charge in [0.2, 0.25) is 5.89 Å². The van der Waals surface area contributed by atoms with Gasteiger partial charge in [-0.2, -0.15) is 0 Å². The normalized spacial score (nSPS) is 23.4. The molecule has 1 aromatic heterocycles. The smallest absolute Gasteiger partial charge is 0.226 e. The molecule has 2 aromatic rings. The van der Waals surface area contributed by atoms with Crippen molar-refractivity contribution in [3.8, 4) is 11.5 Å². The summed E-state index contributed by atoms with van der Waals surface area (Å²) in [6.45, 7) is 9.97. The first kappa shape index (κ1) is 17.7. The summed E-state index contributed by atoms with van der Waals surface area (Å²) >= 11 is 0. The Morgan fingerprint density at radius 2 is 1.85 bits per heavy atom. The van der Waals surface area contributed by atoms with Crippen LogP contribution in [0.4, 0.5) is 0 Å². The number of hydrogen-bond donors (Lipinski definition) is 0. The van der Waals surface area contributed by atoms with Gasteiger partial charge in [0.1, 0.15) is 5.76 Å². The molecule has 0 N–H and O–H groups in total. The lowest BCUT2D eigenvalue weighted by atomic mass is 10.0. The number of likely N-dealkylation sites (tertiary alicyclic amines) is 1. The van der Waals surface area contributed by atoms with Gasteiger partial charge in [-0.25, -0.2) is 4.98 Å². The molecule has 3 heterocycles. The summed E-state index contributed by atoms with van der Waals surface area (Å²) in [6.07, 6.45) is 2.69. The first-order valence-corrected chi connectivity index (χ1v) is 9.86. The average Bonchev–Trinajstić information content (AvgIpc) is 3.04. The second kappa shape index (κ2) is 7.91. The van der Waals surface area contributed by atoms with Crippen LogP contribution in [0.1, 0.15) is 24.3 Å². The number of nitrogens with zero attached hydrogens (tertiary/aromatic N) is 4. The zero-order valence-corrected chi connectivity index (χ0v) is 16.0. The van der Waals surface area contributed by atoms with Gasteiger partial charge in [-0.15, -0.1) is 0 Å². The van der Waals surface area contributed by atoms with Crippen LogP contribution in [0.15, 0.2) is 34.7 Å². The number of aryl methyl sites for hydroxylation is 1. The zero-order valence-electron chi connectivity index (χ0n) is 16.0. The van der Waals surface area contributed by atoms with E-state index in [1.807, 2.05) is 25.1 Å². The third-order valence-corrected chi connectivity index (χ3v) is 5.81. The Bertz CT molecular complexity index is 706. The molecule has 26 heavy (non-hydrogen) atoms. The van der Waals surface area contributed by atoms with Crippen LogP contribution in [0.2, 0.25) is 0 Å². The summed E-state index contributed by atoms with van der Waals surface area (Å²) in [5.74, 6) is 1.68. The highest BCUT2D eigenvalue weighted by atomic mass is 16.4. The highest BCUT2D eigenvalue weighted by Gasteiger charge is 2.27. The van der Waals surface area contributed by atoms with Crippen molar-refractivity contribution in [3.05, 3.63) is 41.8 Å². The number of benzene rings is 1. The van der Waals surface area contributed by atoms with Gasteiger partial charge in [-0.3, -0.25) is 9.80 Å². The van der Waals surface area contributed by atoms with E-state index >= 15 is 0 Å². The van der Waals surface area contributed by atoms with Crippen LogP contribution in [-0.4, -0.2) is 72.0 Å². The first-order chi connectivity index (χ1) is 12.7.